The molecule has 1 aromatic rings. The fourth-order valence-electron chi connectivity index (χ4n) is 3.53. The van der Waals surface area contributed by atoms with Gasteiger partial charge in [0.25, 0.3) is 0 Å². The van der Waals surface area contributed by atoms with Crippen molar-refractivity contribution in [3.05, 3.63) is 29.8 Å². The molecule has 2 saturated heterocycles. The molecule has 2 fully saturated rings. The van der Waals surface area contributed by atoms with Gasteiger partial charge in [-0.15, -0.1) is 0 Å². The lowest BCUT2D eigenvalue weighted by atomic mass is 9.89. The van der Waals surface area contributed by atoms with Crippen LogP contribution in [0.5, 0.6) is 0 Å². The maximum absolute atomic E-state index is 3.51. The molecule has 0 spiro atoms. The first-order chi connectivity index (χ1) is 9.65. The minimum Gasteiger partial charge on any atom is -0.369 e. The van der Waals surface area contributed by atoms with Crippen molar-refractivity contribution in [2.75, 3.05) is 50.7 Å². The van der Waals surface area contributed by atoms with Crippen molar-refractivity contribution in [2.45, 2.75) is 20.3 Å². The number of hydrogen-bond acceptors (Lipinski definition) is 3. The summed E-state index contributed by atoms with van der Waals surface area (Å²) in [4.78, 5) is 5.18. The van der Waals surface area contributed by atoms with E-state index in [1.807, 2.05) is 0 Å². The molecule has 1 unspecified atom stereocenters. The monoisotopic (exact) mass is 273 g/mol. The minimum atomic E-state index is 0.492. The van der Waals surface area contributed by atoms with E-state index >= 15 is 0 Å². The zero-order valence-corrected chi connectivity index (χ0v) is 12.9. The highest BCUT2D eigenvalue weighted by atomic mass is 15.3. The van der Waals surface area contributed by atoms with Gasteiger partial charge in [-0.25, -0.2) is 0 Å². The number of piperazine rings is 1. The zero-order valence-electron chi connectivity index (χ0n) is 12.9. The molecular formula is C17H27N3. The maximum Gasteiger partial charge on any atom is 0.0369 e. The van der Waals surface area contributed by atoms with Gasteiger partial charge in [-0.1, -0.05) is 19.1 Å². The molecule has 1 atom stereocenters. The van der Waals surface area contributed by atoms with Crippen LogP contribution >= 0.6 is 0 Å². The summed E-state index contributed by atoms with van der Waals surface area (Å²) >= 11 is 0. The molecule has 3 rings (SSSR count). The summed E-state index contributed by atoms with van der Waals surface area (Å²) in [6.07, 6.45) is 1.32. The summed E-state index contributed by atoms with van der Waals surface area (Å²) in [5.74, 6) is 0. The second-order valence-corrected chi connectivity index (χ2v) is 6.84. The van der Waals surface area contributed by atoms with Crippen molar-refractivity contribution in [3.63, 3.8) is 0 Å². The van der Waals surface area contributed by atoms with Gasteiger partial charge in [0.05, 0.1) is 0 Å². The number of hydrogen-bond donors (Lipinski definition) is 1. The van der Waals surface area contributed by atoms with E-state index in [-0.39, 0.29) is 0 Å². The summed E-state index contributed by atoms with van der Waals surface area (Å²) in [5, 5.41) is 3.51. The van der Waals surface area contributed by atoms with Gasteiger partial charge in [-0.3, -0.25) is 4.90 Å². The highest BCUT2D eigenvalue weighted by Crippen LogP contribution is 2.26. The lowest BCUT2D eigenvalue weighted by Gasteiger charge is -2.39. The van der Waals surface area contributed by atoms with Crippen LogP contribution in [0.4, 0.5) is 5.69 Å². The average molecular weight is 273 g/mol. The number of benzene rings is 1. The highest BCUT2D eigenvalue weighted by molar-refractivity contribution is 5.48. The van der Waals surface area contributed by atoms with Crippen molar-refractivity contribution in [2.24, 2.45) is 5.41 Å². The quantitative estimate of drug-likeness (QED) is 0.910. The van der Waals surface area contributed by atoms with Gasteiger partial charge in [0.2, 0.25) is 0 Å². The van der Waals surface area contributed by atoms with Crippen LogP contribution in [-0.4, -0.2) is 50.7 Å². The van der Waals surface area contributed by atoms with Crippen LogP contribution in [0, 0.1) is 12.3 Å². The van der Waals surface area contributed by atoms with E-state index < -0.39 is 0 Å². The number of rotatable bonds is 3. The van der Waals surface area contributed by atoms with Crippen molar-refractivity contribution in [1.82, 2.24) is 10.2 Å². The Bertz CT molecular complexity index is 443. The molecule has 2 aliphatic rings. The molecule has 2 heterocycles. The van der Waals surface area contributed by atoms with E-state index in [0.717, 1.165) is 13.1 Å². The smallest absolute Gasteiger partial charge is 0.0369 e. The van der Waals surface area contributed by atoms with Crippen LogP contribution in [0.1, 0.15) is 18.9 Å². The van der Waals surface area contributed by atoms with E-state index in [0.29, 0.717) is 5.41 Å². The van der Waals surface area contributed by atoms with Crippen LogP contribution in [0.3, 0.4) is 0 Å². The molecule has 20 heavy (non-hydrogen) atoms. The van der Waals surface area contributed by atoms with Gasteiger partial charge in [0, 0.05) is 45.0 Å². The van der Waals surface area contributed by atoms with Crippen LogP contribution in [0.25, 0.3) is 0 Å². The van der Waals surface area contributed by atoms with Gasteiger partial charge in [-0.2, -0.15) is 0 Å². The third-order valence-electron chi connectivity index (χ3n) is 4.80. The molecular weight excluding hydrogens is 246 g/mol. The van der Waals surface area contributed by atoms with Crippen LogP contribution in [0.2, 0.25) is 0 Å². The van der Waals surface area contributed by atoms with Crippen LogP contribution in [-0.2, 0) is 0 Å². The van der Waals surface area contributed by atoms with Gasteiger partial charge in [-0.05, 0) is 43.0 Å². The Morgan fingerprint density at radius 2 is 2.00 bits per heavy atom. The molecule has 1 N–H and O–H groups in total. The van der Waals surface area contributed by atoms with Crippen LogP contribution in [0.15, 0.2) is 24.3 Å². The number of anilines is 1. The number of nitrogens with zero attached hydrogens (tertiary/aromatic N) is 2. The Balaban J connectivity index is 1.54. The molecule has 3 heteroatoms. The van der Waals surface area contributed by atoms with Crippen molar-refractivity contribution in [1.29, 1.82) is 0 Å². The minimum absolute atomic E-state index is 0.492. The first-order valence-electron chi connectivity index (χ1n) is 7.89. The predicted molar refractivity (Wildman–Crippen MR) is 85.4 cm³/mol. The second-order valence-electron chi connectivity index (χ2n) is 6.84. The summed E-state index contributed by atoms with van der Waals surface area (Å²) in [7, 11) is 0. The fraction of sp³-hybridized carbons (Fsp3) is 0.647. The van der Waals surface area contributed by atoms with Crippen molar-refractivity contribution < 1.29 is 0 Å². The predicted octanol–water partition coefficient (Wildman–Crippen LogP) is 2.12. The van der Waals surface area contributed by atoms with Gasteiger partial charge in [0.15, 0.2) is 0 Å². The third kappa shape index (κ3) is 3.15. The van der Waals surface area contributed by atoms with Gasteiger partial charge in [0.1, 0.15) is 0 Å². The largest absolute Gasteiger partial charge is 0.369 e. The molecule has 110 valence electrons. The normalized spacial score (nSPS) is 28.0. The number of nitrogens with one attached hydrogen (secondary N) is 1. The van der Waals surface area contributed by atoms with E-state index in [9.17, 15) is 0 Å². The molecule has 3 nitrogen and oxygen atoms in total. The Morgan fingerprint density at radius 1 is 1.20 bits per heavy atom. The molecule has 0 aliphatic carbocycles. The molecule has 0 bridgehead atoms. The molecule has 2 aliphatic heterocycles. The number of aryl methyl sites for hydroxylation is 1. The molecule has 0 aromatic heterocycles. The third-order valence-corrected chi connectivity index (χ3v) is 4.80. The SMILES string of the molecule is Cc1cccc(N2CCN(CC3(C)CCNC3)CC2)c1. The second kappa shape index (κ2) is 5.74. The standard InChI is InChI=1S/C17H27N3/c1-15-4-3-5-16(12-15)20-10-8-19(9-11-20)14-17(2)6-7-18-13-17/h3-5,12,18H,6-11,13-14H2,1-2H3. The Labute approximate surface area is 123 Å². The van der Waals surface area contributed by atoms with Gasteiger partial charge < -0.3 is 10.2 Å². The maximum atomic E-state index is 3.51. The van der Waals surface area contributed by atoms with Crippen LogP contribution < -0.4 is 10.2 Å². The van der Waals surface area contributed by atoms with E-state index in [1.165, 1.54) is 50.4 Å². The Hall–Kier alpha value is -1.06. The lowest BCUT2D eigenvalue weighted by molar-refractivity contribution is 0.169. The fourth-order valence-corrected chi connectivity index (χ4v) is 3.53. The van der Waals surface area contributed by atoms with Gasteiger partial charge >= 0.3 is 0 Å². The first-order valence-corrected chi connectivity index (χ1v) is 7.89. The average Bonchev–Trinajstić information content (AvgIpc) is 2.86. The molecule has 0 radical (unpaired) electrons. The first kappa shape index (κ1) is 13.9. The Morgan fingerprint density at radius 3 is 2.65 bits per heavy atom. The molecule has 0 saturated carbocycles. The zero-order chi connectivity index (χ0) is 14.0. The topological polar surface area (TPSA) is 18.5 Å². The summed E-state index contributed by atoms with van der Waals surface area (Å²) in [5.41, 5.74) is 3.23. The molecule has 0 amide bonds. The lowest BCUT2D eigenvalue weighted by Crippen LogP contribution is -2.49. The summed E-state index contributed by atoms with van der Waals surface area (Å²) in [6, 6.07) is 8.89. The van der Waals surface area contributed by atoms with E-state index in [1.54, 1.807) is 0 Å². The van der Waals surface area contributed by atoms with E-state index in [4.69, 9.17) is 0 Å². The van der Waals surface area contributed by atoms with Crippen molar-refractivity contribution in [3.8, 4) is 0 Å². The summed E-state index contributed by atoms with van der Waals surface area (Å²) < 4.78 is 0. The Kier molecular flexibility index (Phi) is 3.99. The highest BCUT2D eigenvalue weighted by Gasteiger charge is 2.31. The molecule has 1 aromatic carbocycles. The van der Waals surface area contributed by atoms with E-state index in [2.05, 4.69) is 53.2 Å². The summed E-state index contributed by atoms with van der Waals surface area (Å²) in [6.45, 7) is 13.0. The van der Waals surface area contributed by atoms with Crippen molar-refractivity contribution >= 4 is 5.69 Å².